The lowest BCUT2D eigenvalue weighted by atomic mass is 10.1. The van der Waals surface area contributed by atoms with Gasteiger partial charge in [0.25, 0.3) is 5.91 Å². The van der Waals surface area contributed by atoms with Crippen LogP contribution in [0, 0.1) is 11.3 Å². The van der Waals surface area contributed by atoms with Crippen molar-refractivity contribution in [3.05, 3.63) is 54.8 Å². The maximum Gasteiger partial charge on any atom is 0.272 e. The van der Waals surface area contributed by atoms with Gasteiger partial charge >= 0.3 is 0 Å². The number of carbonyl (C=O) groups excluding carboxylic acids is 1. The normalized spacial score (nSPS) is 15.2. The van der Waals surface area contributed by atoms with Crippen LogP contribution in [-0.4, -0.2) is 82.6 Å². The van der Waals surface area contributed by atoms with E-state index in [1.54, 1.807) is 18.6 Å². The van der Waals surface area contributed by atoms with Gasteiger partial charge in [0, 0.05) is 74.1 Å². The fraction of sp³-hybridized carbons (Fsp3) is 0.423. The molecule has 11 nitrogen and oxygen atoms in total. The quantitative estimate of drug-likeness (QED) is 0.392. The molecular weight excluding hydrogens is 468 g/mol. The first kappa shape index (κ1) is 24.5. The van der Waals surface area contributed by atoms with Crippen LogP contribution in [0.4, 0.5) is 0 Å². The van der Waals surface area contributed by atoms with Gasteiger partial charge in [-0.1, -0.05) is 13.8 Å². The van der Waals surface area contributed by atoms with Crippen LogP contribution < -0.4 is 0 Å². The molecule has 1 atom stereocenters. The molecule has 0 bridgehead atoms. The van der Waals surface area contributed by atoms with E-state index in [0.717, 1.165) is 41.8 Å². The second kappa shape index (κ2) is 10.8. The molecule has 0 aliphatic carbocycles. The predicted octanol–water partition coefficient (Wildman–Crippen LogP) is 2.87. The first-order chi connectivity index (χ1) is 18.0. The number of rotatable bonds is 8. The summed E-state index contributed by atoms with van der Waals surface area (Å²) in [7, 11) is 0. The predicted molar refractivity (Wildman–Crippen MR) is 137 cm³/mol. The zero-order valence-electron chi connectivity index (χ0n) is 21.1. The molecule has 1 N–H and O–H groups in total. The molecule has 1 aliphatic rings. The molecule has 11 heteroatoms. The lowest BCUT2D eigenvalue weighted by molar-refractivity contribution is 0.0530. The number of nitrogens with zero attached hydrogens (tertiary/aromatic N) is 9. The second-order valence-corrected chi connectivity index (χ2v) is 9.55. The number of H-pyrrole nitrogens is 1. The number of hydrogen-bond donors (Lipinski definition) is 1. The Morgan fingerprint density at radius 3 is 2.78 bits per heavy atom. The summed E-state index contributed by atoms with van der Waals surface area (Å²) in [6, 6.07) is 6.06. The van der Waals surface area contributed by atoms with Crippen molar-refractivity contribution >= 4 is 16.9 Å². The Hall–Kier alpha value is -4.17. The summed E-state index contributed by atoms with van der Waals surface area (Å²) < 4.78 is 1.92. The molecule has 0 saturated carbocycles. The Balaban J connectivity index is 1.25. The van der Waals surface area contributed by atoms with Crippen molar-refractivity contribution < 1.29 is 4.79 Å². The van der Waals surface area contributed by atoms with Crippen molar-refractivity contribution in [3.8, 4) is 17.3 Å². The van der Waals surface area contributed by atoms with Crippen molar-refractivity contribution in [1.29, 1.82) is 5.26 Å². The van der Waals surface area contributed by atoms with Crippen LogP contribution in [0.1, 0.15) is 48.9 Å². The van der Waals surface area contributed by atoms with Gasteiger partial charge in [-0.25, -0.2) is 19.9 Å². The van der Waals surface area contributed by atoms with E-state index < -0.39 is 0 Å². The average Bonchev–Trinajstić information content (AvgIpc) is 3.60. The molecule has 37 heavy (non-hydrogen) atoms. The third-order valence-corrected chi connectivity index (χ3v) is 6.78. The number of fused-ring (bicyclic) bond motifs is 1. The molecule has 0 spiro atoms. The highest BCUT2D eigenvalue weighted by molar-refractivity contribution is 5.92. The van der Waals surface area contributed by atoms with Gasteiger partial charge < -0.3 is 9.88 Å². The summed E-state index contributed by atoms with van der Waals surface area (Å²) in [4.78, 5) is 37.9. The zero-order chi connectivity index (χ0) is 25.8. The number of hydrogen-bond acceptors (Lipinski definition) is 8. The summed E-state index contributed by atoms with van der Waals surface area (Å²) in [5.74, 6) is 0.783. The van der Waals surface area contributed by atoms with E-state index in [1.165, 1.54) is 0 Å². The van der Waals surface area contributed by atoms with Gasteiger partial charge in [-0.15, -0.1) is 0 Å². The summed E-state index contributed by atoms with van der Waals surface area (Å²) >= 11 is 0. The van der Waals surface area contributed by atoms with Gasteiger partial charge in [-0.05, 0) is 18.6 Å². The Bertz CT molecular complexity index is 1410. The average molecular weight is 499 g/mol. The lowest BCUT2D eigenvalue weighted by Gasteiger charge is -2.39. The topological polar surface area (TPSA) is 133 Å². The highest BCUT2D eigenvalue weighted by Crippen LogP contribution is 2.24. The molecule has 4 aromatic rings. The monoisotopic (exact) mass is 498 g/mol. The minimum absolute atomic E-state index is 0.0600. The second-order valence-electron chi connectivity index (χ2n) is 9.55. The Kier molecular flexibility index (Phi) is 7.18. The largest absolute Gasteiger partial charge is 0.346 e. The molecule has 1 amide bonds. The summed E-state index contributed by atoms with van der Waals surface area (Å²) in [5, 5.41) is 14.8. The zero-order valence-corrected chi connectivity index (χ0v) is 21.1. The number of aromatic nitrogens is 7. The third-order valence-electron chi connectivity index (χ3n) is 6.78. The molecule has 1 fully saturated rings. The van der Waals surface area contributed by atoms with Gasteiger partial charge in [0.05, 0.1) is 24.5 Å². The van der Waals surface area contributed by atoms with E-state index in [2.05, 4.69) is 41.0 Å². The Morgan fingerprint density at radius 2 is 2.00 bits per heavy atom. The van der Waals surface area contributed by atoms with E-state index >= 15 is 0 Å². The van der Waals surface area contributed by atoms with E-state index in [9.17, 15) is 10.1 Å². The molecule has 5 heterocycles. The standard InChI is InChI=1S/C26H30N10O/c1-18(2)24-28-9-6-22(33-24)26(37)35-12-10-34(11-13-35)20(4-3-7-27)16-36-15-19(14-32-36)23-21-5-8-29-25(21)31-17-30-23/h5-6,8-9,14-15,17-18,20H,3-4,10-13,16H2,1-2H3,(H,29,30,31)/t20-/m1/s1. The van der Waals surface area contributed by atoms with Crippen LogP contribution in [-0.2, 0) is 6.54 Å². The first-order valence-corrected chi connectivity index (χ1v) is 12.6. The number of piperazine rings is 1. The summed E-state index contributed by atoms with van der Waals surface area (Å²) in [6.07, 6.45) is 10.1. The van der Waals surface area contributed by atoms with Crippen molar-refractivity contribution in [3.63, 3.8) is 0 Å². The molecule has 0 unspecified atom stereocenters. The molecular formula is C26H30N10O. The third kappa shape index (κ3) is 5.34. The van der Waals surface area contributed by atoms with E-state index in [-0.39, 0.29) is 17.9 Å². The maximum absolute atomic E-state index is 13.1. The number of nitriles is 1. The molecule has 190 valence electrons. The first-order valence-electron chi connectivity index (χ1n) is 12.6. The molecule has 5 rings (SSSR count). The molecule has 0 radical (unpaired) electrons. The van der Waals surface area contributed by atoms with Crippen LogP contribution >= 0.6 is 0 Å². The van der Waals surface area contributed by atoms with Crippen molar-refractivity contribution in [2.75, 3.05) is 26.2 Å². The number of aromatic amines is 1. The fourth-order valence-corrected chi connectivity index (χ4v) is 4.75. The molecule has 1 saturated heterocycles. The Morgan fingerprint density at radius 1 is 1.16 bits per heavy atom. The SMILES string of the molecule is CC(C)c1nccc(C(=O)N2CCN([C@H](CCC#N)Cn3cc(-c4ncnc5[nH]ccc45)cn3)CC2)n1. The summed E-state index contributed by atoms with van der Waals surface area (Å²) in [5.41, 5.74) is 2.99. The number of carbonyl (C=O) groups is 1. The van der Waals surface area contributed by atoms with Gasteiger partial charge in [0.15, 0.2) is 0 Å². The lowest BCUT2D eigenvalue weighted by Crippen LogP contribution is -2.53. The van der Waals surface area contributed by atoms with E-state index in [0.29, 0.717) is 37.6 Å². The minimum Gasteiger partial charge on any atom is -0.346 e. The van der Waals surface area contributed by atoms with Gasteiger partial charge in [0.2, 0.25) is 0 Å². The van der Waals surface area contributed by atoms with E-state index in [1.807, 2.05) is 48.1 Å². The van der Waals surface area contributed by atoms with Gasteiger partial charge in [0.1, 0.15) is 23.5 Å². The smallest absolute Gasteiger partial charge is 0.272 e. The minimum atomic E-state index is -0.0600. The van der Waals surface area contributed by atoms with Crippen molar-refractivity contribution in [2.45, 2.75) is 45.2 Å². The maximum atomic E-state index is 13.1. The highest BCUT2D eigenvalue weighted by atomic mass is 16.2. The molecule has 0 aromatic carbocycles. The number of nitrogens with one attached hydrogen (secondary N) is 1. The van der Waals surface area contributed by atoms with Gasteiger partial charge in [-0.3, -0.25) is 14.4 Å². The Labute approximate surface area is 215 Å². The molecule has 4 aromatic heterocycles. The van der Waals surface area contributed by atoms with Crippen LogP contribution in [0.5, 0.6) is 0 Å². The van der Waals surface area contributed by atoms with Crippen molar-refractivity contribution in [2.24, 2.45) is 0 Å². The van der Waals surface area contributed by atoms with Crippen LogP contribution in [0.15, 0.2) is 43.2 Å². The van der Waals surface area contributed by atoms with Gasteiger partial charge in [-0.2, -0.15) is 10.4 Å². The van der Waals surface area contributed by atoms with Crippen LogP contribution in [0.2, 0.25) is 0 Å². The van der Waals surface area contributed by atoms with Crippen molar-refractivity contribution in [1.82, 2.24) is 44.5 Å². The van der Waals surface area contributed by atoms with Crippen LogP contribution in [0.25, 0.3) is 22.3 Å². The van der Waals surface area contributed by atoms with Crippen LogP contribution in [0.3, 0.4) is 0 Å². The van der Waals surface area contributed by atoms with E-state index in [4.69, 9.17) is 0 Å². The summed E-state index contributed by atoms with van der Waals surface area (Å²) in [6.45, 7) is 7.36. The highest BCUT2D eigenvalue weighted by Gasteiger charge is 2.28. The number of amides is 1. The fourth-order valence-electron chi connectivity index (χ4n) is 4.75. The molecule has 1 aliphatic heterocycles.